The van der Waals surface area contributed by atoms with E-state index in [1.54, 1.807) is 25.1 Å². The number of para-hydroxylation sites is 1. The minimum atomic E-state index is -0.293. The fraction of sp³-hybridized carbons (Fsp3) is 0.385. The molecular formula is C13H15Cl2N3O. The number of carbonyl (C=O) groups excluding carboxylic acids is 1. The van der Waals surface area contributed by atoms with Crippen molar-refractivity contribution in [3.05, 3.63) is 29.0 Å². The molecule has 6 heteroatoms. The van der Waals surface area contributed by atoms with Crippen molar-refractivity contribution >= 4 is 40.1 Å². The zero-order valence-electron chi connectivity index (χ0n) is 11.0. The first-order chi connectivity index (χ1) is 8.91. The van der Waals surface area contributed by atoms with Gasteiger partial charge in [-0.05, 0) is 19.1 Å². The molecular weight excluding hydrogens is 285 g/mol. The van der Waals surface area contributed by atoms with Crippen LogP contribution in [-0.4, -0.2) is 34.5 Å². The topological polar surface area (TPSA) is 38.1 Å². The number of likely N-dealkylation sites (N-methyl/N-ethyl adjacent to an activating group) is 1. The van der Waals surface area contributed by atoms with Gasteiger partial charge in [0.15, 0.2) is 0 Å². The van der Waals surface area contributed by atoms with Crippen LogP contribution in [0.1, 0.15) is 18.1 Å². The highest BCUT2D eigenvalue weighted by molar-refractivity contribution is 6.35. The Bertz CT molecular complexity index is 620. The maximum atomic E-state index is 11.9. The van der Waals surface area contributed by atoms with Crippen LogP contribution in [0.3, 0.4) is 0 Å². The summed E-state index contributed by atoms with van der Waals surface area (Å²) in [5.74, 6) is 0.637. The Morgan fingerprint density at radius 3 is 2.74 bits per heavy atom. The zero-order chi connectivity index (χ0) is 14.2. The molecule has 1 heterocycles. The highest BCUT2D eigenvalue weighted by Gasteiger charge is 2.18. The predicted octanol–water partition coefficient (Wildman–Crippen LogP) is 3.08. The Hall–Kier alpha value is -1.26. The van der Waals surface area contributed by atoms with Gasteiger partial charge in [0.1, 0.15) is 17.9 Å². The summed E-state index contributed by atoms with van der Waals surface area (Å²) in [6.45, 7) is 2.03. The third-order valence-corrected chi connectivity index (χ3v) is 3.41. The van der Waals surface area contributed by atoms with Crippen LogP contribution in [0.5, 0.6) is 0 Å². The first-order valence-electron chi connectivity index (χ1n) is 5.90. The third-order valence-electron chi connectivity index (χ3n) is 2.91. The monoisotopic (exact) mass is 299 g/mol. The summed E-state index contributed by atoms with van der Waals surface area (Å²) in [5.41, 5.74) is 1.50. The standard InChI is InChI=1S/C13H15Cl2N3O/c1-8(14)13-16-12-9(15)5-4-6-10(12)18(13)7-11(19)17(2)3/h4-6,8H,7H2,1-3H3. The van der Waals surface area contributed by atoms with Crippen LogP contribution in [0.15, 0.2) is 18.2 Å². The molecule has 1 unspecified atom stereocenters. The lowest BCUT2D eigenvalue weighted by atomic mass is 10.3. The van der Waals surface area contributed by atoms with Crippen molar-refractivity contribution < 1.29 is 4.79 Å². The van der Waals surface area contributed by atoms with Gasteiger partial charge in [0.2, 0.25) is 5.91 Å². The van der Waals surface area contributed by atoms with Gasteiger partial charge in [0, 0.05) is 14.1 Å². The molecule has 1 aromatic heterocycles. The summed E-state index contributed by atoms with van der Waals surface area (Å²) in [6, 6.07) is 5.50. The van der Waals surface area contributed by atoms with Crippen molar-refractivity contribution in [3.8, 4) is 0 Å². The van der Waals surface area contributed by atoms with E-state index in [2.05, 4.69) is 4.98 Å². The first kappa shape index (κ1) is 14.2. The minimum Gasteiger partial charge on any atom is -0.347 e. The van der Waals surface area contributed by atoms with E-state index in [1.165, 1.54) is 0 Å². The number of alkyl halides is 1. The molecule has 2 rings (SSSR count). The Labute approximate surface area is 121 Å². The van der Waals surface area contributed by atoms with Gasteiger partial charge in [-0.3, -0.25) is 4.79 Å². The Morgan fingerprint density at radius 1 is 1.47 bits per heavy atom. The lowest BCUT2D eigenvalue weighted by Gasteiger charge is -2.14. The average molecular weight is 300 g/mol. The molecule has 0 saturated carbocycles. The molecule has 0 N–H and O–H groups in total. The van der Waals surface area contributed by atoms with E-state index in [9.17, 15) is 4.79 Å². The van der Waals surface area contributed by atoms with E-state index in [-0.39, 0.29) is 17.8 Å². The number of nitrogens with zero attached hydrogens (tertiary/aromatic N) is 3. The first-order valence-corrected chi connectivity index (χ1v) is 6.72. The fourth-order valence-corrected chi connectivity index (χ4v) is 2.26. The largest absolute Gasteiger partial charge is 0.347 e. The Kier molecular flexibility index (Phi) is 4.02. The van der Waals surface area contributed by atoms with Gasteiger partial charge in [0.25, 0.3) is 0 Å². The molecule has 0 saturated heterocycles. The molecule has 0 fully saturated rings. The van der Waals surface area contributed by atoms with Crippen molar-refractivity contribution in [1.82, 2.24) is 14.5 Å². The third kappa shape index (κ3) is 2.69. The van der Waals surface area contributed by atoms with Crippen LogP contribution in [-0.2, 0) is 11.3 Å². The summed E-state index contributed by atoms with van der Waals surface area (Å²) >= 11 is 12.3. The van der Waals surface area contributed by atoms with Gasteiger partial charge in [0.05, 0.1) is 15.9 Å². The number of halogens is 2. The number of aromatic nitrogens is 2. The van der Waals surface area contributed by atoms with Gasteiger partial charge in [-0.15, -0.1) is 11.6 Å². The second kappa shape index (κ2) is 5.39. The van der Waals surface area contributed by atoms with Gasteiger partial charge >= 0.3 is 0 Å². The average Bonchev–Trinajstić information content (AvgIpc) is 2.70. The molecule has 0 aliphatic heterocycles. The number of fused-ring (bicyclic) bond motifs is 1. The SMILES string of the molecule is CC(Cl)c1nc2c(Cl)cccc2n1CC(=O)N(C)C. The summed E-state index contributed by atoms with van der Waals surface area (Å²) < 4.78 is 1.82. The summed E-state index contributed by atoms with van der Waals surface area (Å²) in [7, 11) is 3.44. The molecule has 0 radical (unpaired) electrons. The van der Waals surface area contributed by atoms with E-state index < -0.39 is 0 Å². The summed E-state index contributed by atoms with van der Waals surface area (Å²) in [4.78, 5) is 17.9. The highest BCUT2D eigenvalue weighted by Crippen LogP contribution is 2.28. The molecule has 1 amide bonds. The minimum absolute atomic E-state index is 0.0159. The number of imidazole rings is 1. The van der Waals surface area contributed by atoms with Crippen molar-refractivity contribution in [2.45, 2.75) is 18.8 Å². The smallest absolute Gasteiger partial charge is 0.242 e. The highest BCUT2D eigenvalue weighted by atomic mass is 35.5. The second-order valence-corrected chi connectivity index (χ2v) is 5.63. The lowest BCUT2D eigenvalue weighted by molar-refractivity contribution is -0.129. The second-order valence-electron chi connectivity index (χ2n) is 4.57. The van der Waals surface area contributed by atoms with Gasteiger partial charge < -0.3 is 9.47 Å². The number of benzene rings is 1. The molecule has 19 heavy (non-hydrogen) atoms. The Morgan fingerprint density at radius 2 is 2.16 bits per heavy atom. The number of rotatable bonds is 3. The zero-order valence-corrected chi connectivity index (χ0v) is 12.5. The molecule has 0 aliphatic carbocycles. The van der Waals surface area contributed by atoms with Crippen molar-refractivity contribution in [2.24, 2.45) is 0 Å². The van der Waals surface area contributed by atoms with E-state index in [1.807, 2.05) is 23.6 Å². The molecule has 0 spiro atoms. The lowest BCUT2D eigenvalue weighted by Crippen LogP contribution is -2.27. The molecule has 1 aromatic carbocycles. The van der Waals surface area contributed by atoms with Crippen LogP contribution >= 0.6 is 23.2 Å². The van der Waals surface area contributed by atoms with E-state index in [4.69, 9.17) is 23.2 Å². The number of carbonyl (C=O) groups is 1. The van der Waals surface area contributed by atoms with Crippen molar-refractivity contribution in [1.29, 1.82) is 0 Å². The normalized spacial score (nSPS) is 12.7. The fourth-order valence-electron chi connectivity index (χ4n) is 1.88. The van der Waals surface area contributed by atoms with E-state index in [0.29, 0.717) is 16.4 Å². The van der Waals surface area contributed by atoms with Gasteiger partial charge in [-0.1, -0.05) is 17.7 Å². The van der Waals surface area contributed by atoms with Crippen LogP contribution in [0.4, 0.5) is 0 Å². The number of amides is 1. The number of hydrogen-bond donors (Lipinski definition) is 0. The van der Waals surface area contributed by atoms with Crippen molar-refractivity contribution in [3.63, 3.8) is 0 Å². The Balaban J connectivity index is 2.59. The van der Waals surface area contributed by atoms with Crippen LogP contribution in [0, 0.1) is 0 Å². The molecule has 0 aliphatic rings. The van der Waals surface area contributed by atoms with Crippen LogP contribution < -0.4 is 0 Å². The summed E-state index contributed by atoms with van der Waals surface area (Å²) in [5, 5.41) is 0.269. The number of hydrogen-bond acceptors (Lipinski definition) is 2. The van der Waals surface area contributed by atoms with E-state index >= 15 is 0 Å². The van der Waals surface area contributed by atoms with Gasteiger partial charge in [-0.25, -0.2) is 4.98 Å². The maximum absolute atomic E-state index is 11.9. The molecule has 0 bridgehead atoms. The predicted molar refractivity (Wildman–Crippen MR) is 77.7 cm³/mol. The van der Waals surface area contributed by atoms with Crippen molar-refractivity contribution in [2.75, 3.05) is 14.1 Å². The van der Waals surface area contributed by atoms with E-state index in [0.717, 1.165) is 5.52 Å². The van der Waals surface area contributed by atoms with Crippen LogP contribution in [0.25, 0.3) is 11.0 Å². The summed E-state index contributed by atoms with van der Waals surface area (Å²) in [6.07, 6.45) is 0. The quantitative estimate of drug-likeness (QED) is 0.817. The molecule has 2 aromatic rings. The molecule has 102 valence electrons. The molecule has 1 atom stereocenters. The maximum Gasteiger partial charge on any atom is 0.242 e. The molecule has 4 nitrogen and oxygen atoms in total. The van der Waals surface area contributed by atoms with Gasteiger partial charge in [-0.2, -0.15) is 0 Å². The van der Waals surface area contributed by atoms with Crippen LogP contribution in [0.2, 0.25) is 5.02 Å².